The summed E-state index contributed by atoms with van der Waals surface area (Å²) in [5.74, 6) is -4.26. The number of carbonyl (C=O) groups is 1. The third-order valence-electron chi connectivity index (χ3n) is 11.4. The minimum Gasteiger partial charge on any atom is -0.469 e. The molecule has 290 valence electrons. The predicted octanol–water partition coefficient (Wildman–Crippen LogP) is 5.68. The number of aliphatic hydroxyl groups excluding tert-OH is 2. The van der Waals surface area contributed by atoms with E-state index < -0.39 is 80.8 Å². The number of carbonyl (C=O) groups excluding carboxylic acids is 1. The molecule has 1 aromatic rings. The van der Waals surface area contributed by atoms with Gasteiger partial charge in [-0.2, -0.15) is 0 Å². The lowest BCUT2D eigenvalue weighted by Crippen LogP contribution is -2.67. The van der Waals surface area contributed by atoms with Crippen LogP contribution in [0, 0.1) is 11.8 Å². The molecular formula is C36H66O11SSi2. The average Bonchev–Trinajstić information content (AvgIpc) is 3.01. The lowest BCUT2D eigenvalue weighted by atomic mass is 9.76. The van der Waals surface area contributed by atoms with Gasteiger partial charge in [-0.3, -0.25) is 4.79 Å². The Morgan fingerprint density at radius 3 is 1.96 bits per heavy atom. The molecule has 11 nitrogen and oxygen atoms in total. The SMILES string of the molecule is COC(=O)C[C@H]1O[C@@](O)([C@@H](O)[C@H](O)C[C@H](OC)[C@H](CCS(=O)(=O)c2ccccc2)O[Si](C)(C)C(C)(C)C)[C@H](C)[C@@H](O[Si](C)(C)C(C)(C)C)[C@H]1C. The van der Waals surface area contributed by atoms with Crippen molar-refractivity contribution in [2.24, 2.45) is 11.8 Å². The molecular weight excluding hydrogens is 697 g/mol. The van der Waals surface area contributed by atoms with E-state index in [0.717, 1.165) is 0 Å². The van der Waals surface area contributed by atoms with E-state index in [1.54, 1.807) is 37.3 Å². The Balaban J connectivity index is 2.47. The summed E-state index contributed by atoms with van der Waals surface area (Å²) >= 11 is 0. The Labute approximate surface area is 303 Å². The Morgan fingerprint density at radius 2 is 1.48 bits per heavy atom. The predicted molar refractivity (Wildman–Crippen MR) is 199 cm³/mol. The van der Waals surface area contributed by atoms with Crippen molar-refractivity contribution in [1.29, 1.82) is 0 Å². The van der Waals surface area contributed by atoms with Crippen molar-refractivity contribution in [3.05, 3.63) is 30.3 Å². The molecule has 0 radical (unpaired) electrons. The molecule has 0 unspecified atom stereocenters. The van der Waals surface area contributed by atoms with E-state index in [1.165, 1.54) is 14.2 Å². The standard InChI is InChI=1S/C36H66O11SSi2/c1-24-29(23-31(38)44-10)45-36(40,25(2)32(24)47-50(13,14)35(6,7)8)33(39)27(37)22-30(43-9)28(46-49(11,12)34(3,4)5)20-21-48(41,42)26-18-16-15-17-19-26/h15-19,24-25,27-30,32-33,37,39-40H,20-23H2,1-14H3/t24-,25+,27+,28-,29+,30-,32-,33-,36+/m0/s1. The maximum absolute atomic E-state index is 13.3. The maximum atomic E-state index is 13.3. The van der Waals surface area contributed by atoms with Crippen molar-refractivity contribution in [1.82, 2.24) is 0 Å². The molecule has 0 bridgehead atoms. The molecule has 2 rings (SSSR count). The second kappa shape index (κ2) is 16.9. The summed E-state index contributed by atoms with van der Waals surface area (Å²) in [6.45, 7) is 24.4. The van der Waals surface area contributed by atoms with E-state index >= 15 is 0 Å². The van der Waals surface area contributed by atoms with Crippen LogP contribution in [0.1, 0.15) is 74.7 Å². The van der Waals surface area contributed by atoms with Crippen LogP contribution in [0.2, 0.25) is 36.3 Å². The smallest absolute Gasteiger partial charge is 0.308 e. The first-order chi connectivity index (χ1) is 22.6. The van der Waals surface area contributed by atoms with Gasteiger partial charge in [-0.05, 0) is 54.8 Å². The number of hydrogen-bond acceptors (Lipinski definition) is 11. The van der Waals surface area contributed by atoms with Crippen LogP contribution in [0.4, 0.5) is 0 Å². The van der Waals surface area contributed by atoms with E-state index in [1.807, 2.05) is 6.92 Å². The highest BCUT2D eigenvalue weighted by molar-refractivity contribution is 7.91. The summed E-state index contributed by atoms with van der Waals surface area (Å²) in [4.78, 5) is 12.6. The summed E-state index contributed by atoms with van der Waals surface area (Å²) in [5, 5.41) is 35.2. The van der Waals surface area contributed by atoms with Gasteiger partial charge in [0.15, 0.2) is 32.3 Å². The third-order valence-corrected chi connectivity index (χ3v) is 22.2. The van der Waals surface area contributed by atoms with Crippen LogP contribution in [0.25, 0.3) is 0 Å². The van der Waals surface area contributed by atoms with Crippen molar-refractivity contribution in [2.45, 2.75) is 158 Å². The molecule has 1 fully saturated rings. The highest BCUT2D eigenvalue weighted by Crippen LogP contribution is 2.46. The van der Waals surface area contributed by atoms with E-state index in [4.69, 9.17) is 23.1 Å². The number of methoxy groups -OCH3 is 2. The van der Waals surface area contributed by atoms with Crippen molar-refractivity contribution in [2.75, 3.05) is 20.0 Å². The largest absolute Gasteiger partial charge is 0.469 e. The molecule has 50 heavy (non-hydrogen) atoms. The molecule has 1 heterocycles. The van der Waals surface area contributed by atoms with Gasteiger partial charge in [-0.1, -0.05) is 73.6 Å². The summed E-state index contributed by atoms with van der Waals surface area (Å²) in [7, 11) is -5.86. The van der Waals surface area contributed by atoms with E-state index in [9.17, 15) is 28.5 Å². The van der Waals surface area contributed by atoms with Gasteiger partial charge in [0.2, 0.25) is 0 Å². The average molecular weight is 763 g/mol. The number of rotatable bonds is 16. The Kier molecular flexibility index (Phi) is 15.2. The van der Waals surface area contributed by atoms with Gasteiger partial charge < -0.3 is 38.4 Å². The van der Waals surface area contributed by atoms with Crippen molar-refractivity contribution >= 4 is 32.4 Å². The topological polar surface area (TPSA) is 158 Å². The lowest BCUT2D eigenvalue weighted by molar-refractivity contribution is -0.358. The molecule has 0 saturated carbocycles. The third kappa shape index (κ3) is 10.7. The molecule has 9 atom stereocenters. The molecule has 0 aliphatic carbocycles. The van der Waals surface area contributed by atoms with Crippen molar-refractivity contribution < 1.29 is 51.6 Å². The molecule has 1 saturated heterocycles. The van der Waals surface area contributed by atoms with Gasteiger partial charge in [-0.15, -0.1) is 0 Å². The molecule has 0 amide bonds. The van der Waals surface area contributed by atoms with Gasteiger partial charge >= 0.3 is 5.97 Å². The first kappa shape index (κ1) is 45.0. The zero-order valence-electron chi connectivity index (χ0n) is 32.8. The fraction of sp³-hybridized carbons (Fsp3) is 0.806. The van der Waals surface area contributed by atoms with Crippen LogP contribution in [0.3, 0.4) is 0 Å². The number of benzene rings is 1. The lowest BCUT2D eigenvalue weighted by Gasteiger charge is -2.54. The minimum atomic E-state index is -3.66. The van der Waals surface area contributed by atoms with Gasteiger partial charge in [0.25, 0.3) is 0 Å². The normalized spacial score (nSPS) is 26.6. The number of ether oxygens (including phenoxy) is 3. The van der Waals surface area contributed by atoms with Gasteiger partial charge in [0.1, 0.15) is 6.10 Å². The molecule has 1 aromatic carbocycles. The Hall–Kier alpha value is -1.21. The number of sulfone groups is 1. The summed E-state index contributed by atoms with van der Waals surface area (Å²) in [6, 6.07) is 8.19. The zero-order valence-corrected chi connectivity index (χ0v) is 35.7. The van der Waals surface area contributed by atoms with Crippen LogP contribution < -0.4 is 0 Å². The second-order valence-corrected chi connectivity index (χ2v) is 28.7. The first-order valence-corrected chi connectivity index (χ1v) is 25.1. The molecule has 1 aliphatic heterocycles. The van der Waals surface area contributed by atoms with Gasteiger partial charge in [0.05, 0.1) is 54.7 Å². The van der Waals surface area contributed by atoms with Crippen molar-refractivity contribution in [3.63, 3.8) is 0 Å². The fourth-order valence-corrected chi connectivity index (χ4v) is 10.0. The highest BCUT2D eigenvalue weighted by Gasteiger charge is 2.58. The van der Waals surface area contributed by atoms with E-state index in [2.05, 4.69) is 67.7 Å². The molecule has 0 spiro atoms. The first-order valence-electron chi connectivity index (χ1n) is 17.6. The Morgan fingerprint density at radius 1 is 0.940 bits per heavy atom. The second-order valence-electron chi connectivity index (χ2n) is 17.0. The Bertz CT molecular complexity index is 1340. The number of hydrogen-bond donors (Lipinski definition) is 3. The monoisotopic (exact) mass is 762 g/mol. The van der Waals surface area contributed by atoms with Gasteiger partial charge in [0, 0.05) is 25.4 Å². The van der Waals surface area contributed by atoms with E-state index in [-0.39, 0.29) is 45.9 Å². The highest BCUT2D eigenvalue weighted by atomic mass is 32.2. The summed E-state index contributed by atoms with van der Waals surface area (Å²) < 4.78 is 57.1. The fourth-order valence-electron chi connectivity index (χ4n) is 5.84. The van der Waals surface area contributed by atoms with Gasteiger partial charge in [-0.25, -0.2) is 8.42 Å². The number of esters is 1. The van der Waals surface area contributed by atoms with Crippen LogP contribution in [0.5, 0.6) is 0 Å². The van der Waals surface area contributed by atoms with Crippen molar-refractivity contribution in [3.8, 4) is 0 Å². The van der Waals surface area contributed by atoms with Crippen LogP contribution in [-0.4, -0.2) is 109 Å². The van der Waals surface area contributed by atoms with Crippen LogP contribution >= 0.6 is 0 Å². The van der Waals surface area contributed by atoms with E-state index in [0.29, 0.717) is 0 Å². The quantitative estimate of drug-likeness (QED) is 0.141. The molecule has 0 aromatic heterocycles. The summed E-state index contributed by atoms with van der Waals surface area (Å²) in [5.41, 5.74) is 0. The number of aliphatic hydroxyl groups is 3. The maximum Gasteiger partial charge on any atom is 0.308 e. The summed E-state index contributed by atoms with van der Waals surface area (Å²) in [6.07, 6.45) is -6.88. The van der Waals surface area contributed by atoms with Crippen LogP contribution in [-0.2, 0) is 37.7 Å². The molecule has 14 heteroatoms. The minimum absolute atomic E-state index is 0.0728. The molecule has 1 aliphatic rings. The molecule has 3 N–H and O–H groups in total. The zero-order chi connectivity index (χ0) is 38.7. The van der Waals surface area contributed by atoms with Crippen LogP contribution in [0.15, 0.2) is 35.2 Å².